The van der Waals surface area contributed by atoms with Crippen molar-refractivity contribution < 1.29 is 9.84 Å². The minimum absolute atomic E-state index is 0.292. The second-order valence-corrected chi connectivity index (χ2v) is 4.87. The summed E-state index contributed by atoms with van der Waals surface area (Å²) >= 11 is 0. The fraction of sp³-hybridized carbons (Fsp3) is 0.312. The van der Waals surface area contributed by atoms with Crippen molar-refractivity contribution in [2.45, 2.75) is 25.4 Å². The molecule has 0 saturated carbocycles. The highest BCUT2D eigenvalue weighted by atomic mass is 16.5. The second-order valence-electron chi connectivity index (χ2n) is 4.87. The predicted octanol–water partition coefficient (Wildman–Crippen LogP) is 2.68. The van der Waals surface area contributed by atoms with Crippen LogP contribution >= 0.6 is 0 Å². The van der Waals surface area contributed by atoms with E-state index in [0.717, 1.165) is 30.6 Å². The zero-order valence-corrected chi connectivity index (χ0v) is 10.7. The first kappa shape index (κ1) is 12.2. The van der Waals surface area contributed by atoms with E-state index in [2.05, 4.69) is 17.1 Å². The fourth-order valence-electron chi connectivity index (χ4n) is 2.49. The molecule has 1 atom stereocenters. The minimum Gasteiger partial charge on any atom is -0.493 e. The van der Waals surface area contributed by atoms with Gasteiger partial charge in [0.15, 0.2) is 0 Å². The molecular formula is C16H17NO2. The zero-order chi connectivity index (χ0) is 13.1. The lowest BCUT2D eigenvalue weighted by molar-refractivity contribution is 0.180. The molecule has 3 rings (SSSR count). The number of rotatable bonds is 4. The maximum Gasteiger partial charge on any atom is 0.119 e. The van der Waals surface area contributed by atoms with E-state index >= 15 is 0 Å². The Morgan fingerprint density at radius 3 is 3.11 bits per heavy atom. The Morgan fingerprint density at radius 2 is 2.26 bits per heavy atom. The number of nitrogens with zero attached hydrogens (tertiary/aromatic N) is 1. The van der Waals surface area contributed by atoms with Gasteiger partial charge in [0.1, 0.15) is 5.75 Å². The van der Waals surface area contributed by atoms with Crippen molar-refractivity contribution >= 4 is 0 Å². The van der Waals surface area contributed by atoms with Crippen LogP contribution in [0.3, 0.4) is 0 Å². The summed E-state index contributed by atoms with van der Waals surface area (Å²) in [7, 11) is 0. The third-order valence-corrected chi connectivity index (χ3v) is 3.54. The molecule has 98 valence electrons. The van der Waals surface area contributed by atoms with Crippen LogP contribution < -0.4 is 4.74 Å². The molecule has 0 bridgehead atoms. The summed E-state index contributed by atoms with van der Waals surface area (Å²) in [6.07, 6.45) is 5.97. The lowest BCUT2D eigenvalue weighted by Gasteiger charge is -2.09. The van der Waals surface area contributed by atoms with E-state index in [1.54, 1.807) is 6.20 Å². The first-order valence-corrected chi connectivity index (χ1v) is 6.65. The summed E-state index contributed by atoms with van der Waals surface area (Å²) in [5, 5.41) is 9.75. The quantitative estimate of drug-likeness (QED) is 0.913. The summed E-state index contributed by atoms with van der Waals surface area (Å²) in [6, 6.07) is 9.96. The van der Waals surface area contributed by atoms with Gasteiger partial charge < -0.3 is 9.84 Å². The van der Waals surface area contributed by atoms with Crippen LogP contribution in [0.25, 0.3) is 0 Å². The van der Waals surface area contributed by atoms with Crippen molar-refractivity contribution in [3.8, 4) is 5.75 Å². The first-order valence-electron chi connectivity index (χ1n) is 6.65. The molecule has 1 aromatic heterocycles. The molecular weight excluding hydrogens is 238 g/mol. The lowest BCUT2D eigenvalue weighted by atomic mass is 10.1. The van der Waals surface area contributed by atoms with Crippen LogP contribution in [0.2, 0.25) is 0 Å². The topological polar surface area (TPSA) is 42.4 Å². The average molecular weight is 255 g/mol. The Kier molecular flexibility index (Phi) is 3.47. The third kappa shape index (κ3) is 2.76. The number of aromatic nitrogens is 1. The molecule has 1 aliphatic carbocycles. The Bertz CT molecular complexity index is 554. The third-order valence-electron chi connectivity index (χ3n) is 3.54. The zero-order valence-electron chi connectivity index (χ0n) is 10.7. The van der Waals surface area contributed by atoms with Crippen molar-refractivity contribution in [2.75, 3.05) is 6.61 Å². The Hall–Kier alpha value is -1.87. The van der Waals surface area contributed by atoms with Crippen LogP contribution in [0.5, 0.6) is 5.75 Å². The molecule has 0 saturated heterocycles. The summed E-state index contributed by atoms with van der Waals surface area (Å²) in [5.74, 6) is 0.886. The van der Waals surface area contributed by atoms with E-state index < -0.39 is 0 Å². The summed E-state index contributed by atoms with van der Waals surface area (Å²) in [6.45, 7) is 0.646. The molecule has 0 unspecified atom stereocenters. The fourth-order valence-corrected chi connectivity index (χ4v) is 2.49. The number of aliphatic hydroxyl groups excluding tert-OH is 1. The molecule has 1 N–H and O–H groups in total. The largest absolute Gasteiger partial charge is 0.493 e. The molecule has 19 heavy (non-hydrogen) atoms. The van der Waals surface area contributed by atoms with Crippen LogP contribution in [0.15, 0.2) is 42.7 Å². The van der Waals surface area contributed by atoms with Crippen LogP contribution in [-0.2, 0) is 12.8 Å². The van der Waals surface area contributed by atoms with Gasteiger partial charge in [-0.2, -0.15) is 0 Å². The molecule has 3 heteroatoms. The van der Waals surface area contributed by atoms with Crippen LogP contribution in [0.4, 0.5) is 0 Å². The monoisotopic (exact) mass is 255 g/mol. The van der Waals surface area contributed by atoms with Crippen LogP contribution in [0, 0.1) is 0 Å². The van der Waals surface area contributed by atoms with Gasteiger partial charge in [-0.05, 0) is 47.7 Å². The highest BCUT2D eigenvalue weighted by Crippen LogP contribution is 2.33. The van der Waals surface area contributed by atoms with Crippen molar-refractivity contribution in [1.82, 2.24) is 4.98 Å². The number of aliphatic hydroxyl groups is 1. The van der Waals surface area contributed by atoms with Gasteiger partial charge in [-0.15, -0.1) is 0 Å². The summed E-state index contributed by atoms with van der Waals surface area (Å²) in [5.41, 5.74) is 3.45. The van der Waals surface area contributed by atoms with Crippen molar-refractivity contribution in [1.29, 1.82) is 0 Å². The smallest absolute Gasteiger partial charge is 0.119 e. The summed E-state index contributed by atoms with van der Waals surface area (Å²) < 4.78 is 5.76. The van der Waals surface area contributed by atoms with Crippen molar-refractivity contribution in [3.63, 3.8) is 0 Å². The molecule has 3 nitrogen and oxygen atoms in total. The number of ether oxygens (including phenoxy) is 1. The van der Waals surface area contributed by atoms with E-state index in [9.17, 15) is 5.11 Å². The molecule has 1 aromatic carbocycles. The molecule has 2 aromatic rings. The highest BCUT2D eigenvalue weighted by Gasteiger charge is 2.20. The van der Waals surface area contributed by atoms with E-state index in [4.69, 9.17) is 4.74 Å². The molecule has 0 spiro atoms. The van der Waals surface area contributed by atoms with Gasteiger partial charge >= 0.3 is 0 Å². The number of fused-ring (bicyclic) bond motifs is 1. The molecule has 1 aliphatic rings. The lowest BCUT2D eigenvalue weighted by Crippen LogP contribution is -2.02. The van der Waals surface area contributed by atoms with Crippen molar-refractivity contribution in [3.05, 3.63) is 59.4 Å². The van der Waals surface area contributed by atoms with Gasteiger partial charge in [0.05, 0.1) is 12.7 Å². The van der Waals surface area contributed by atoms with Gasteiger partial charge in [-0.25, -0.2) is 0 Å². The predicted molar refractivity (Wildman–Crippen MR) is 73.2 cm³/mol. The number of benzene rings is 1. The normalized spacial score (nSPS) is 17.2. The minimum atomic E-state index is -0.292. The molecule has 0 aliphatic heterocycles. The molecule has 0 amide bonds. The maximum absolute atomic E-state index is 9.75. The van der Waals surface area contributed by atoms with E-state index in [1.807, 2.05) is 24.4 Å². The SMILES string of the molecule is O[C@H]1CCc2cc(OCCc3cccnc3)ccc21. The molecule has 0 fully saturated rings. The number of hydrogen-bond donors (Lipinski definition) is 1. The maximum atomic E-state index is 9.75. The number of pyridine rings is 1. The summed E-state index contributed by atoms with van der Waals surface area (Å²) in [4.78, 5) is 4.08. The van der Waals surface area contributed by atoms with Gasteiger partial charge in [0, 0.05) is 18.8 Å². The van der Waals surface area contributed by atoms with E-state index in [-0.39, 0.29) is 6.10 Å². The van der Waals surface area contributed by atoms with Crippen LogP contribution in [-0.4, -0.2) is 16.7 Å². The van der Waals surface area contributed by atoms with Gasteiger partial charge in [0.25, 0.3) is 0 Å². The van der Waals surface area contributed by atoms with E-state index in [1.165, 1.54) is 11.1 Å². The Morgan fingerprint density at radius 1 is 1.32 bits per heavy atom. The van der Waals surface area contributed by atoms with Crippen LogP contribution in [0.1, 0.15) is 29.2 Å². The van der Waals surface area contributed by atoms with Gasteiger partial charge in [-0.3, -0.25) is 4.98 Å². The van der Waals surface area contributed by atoms with E-state index in [0.29, 0.717) is 6.61 Å². The Balaban J connectivity index is 1.59. The average Bonchev–Trinajstić information content (AvgIpc) is 2.81. The number of hydrogen-bond acceptors (Lipinski definition) is 3. The van der Waals surface area contributed by atoms with Crippen molar-refractivity contribution in [2.24, 2.45) is 0 Å². The van der Waals surface area contributed by atoms with Gasteiger partial charge in [0.2, 0.25) is 0 Å². The Labute approximate surface area is 112 Å². The molecule has 0 radical (unpaired) electrons. The van der Waals surface area contributed by atoms with Gasteiger partial charge in [-0.1, -0.05) is 12.1 Å². The first-order chi connectivity index (χ1) is 9.33. The highest BCUT2D eigenvalue weighted by molar-refractivity contribution is 5.39. The molecule has 1 heterocycles. The second kappa shape index (κ2) is 5.41. The standard InChI is InChI=1S/C16H17NO2/c18-16-6-3-13-10-14(4-5-15(13)16)19-9-7-12-2-1-8-17-11-12/h1-2,4-5,8,10-11,16,18H,3,6-7,9H2/t16-/m0/s1. The number of aryl methyl sites for hydroxylation is 1.